The van der Waals surface area contributed by atoms with Crippen molar-refractivity contribution in [3.8, 4) is 51.0 Å². The number of nitrogens with zero attached hydrogens (tertiary/aromatic N) is 3. The maximum atomic E-state index is 11.7. The zero-order chi connectivity index (χ0) is 67.8. The molecular formula is C69H89BrK2N3NaO19. The SMILES string of the molecule is CC(C)(C)OC(=O)CCCCCBr.CC(C)(C)OC(=O)CCCCCOc1cccc(-c2cccc(C(=O)O)n2)c1.COC(=O)c1cccc(-c2cccc(O)c2)n1.COC(=O)c1cccc(-c2cccc(OCCCCCC(=O)OC(C)(C)C)c2)n1.O=CO[O-].[H-].[K+].[K+].[Na+].[OH-]. The number of hydrogen-bond donors (Lipinski definition) is 2. The Balaban J connectivity index is -0.000000588. The van der Waals surface area contributed by atoms with Crippen LogP contribution in [0, 0.1) is 0 Å². The number of ether oxygens (including phenoxy) is 7. The van der Waals surface area contributed by atoms with E-state index < -0.39 is 29.1 Å². The molecule has 0 aliphatic rings. The van der Waals surface area contributed by atoms with Crippen molar-refractivity contribution in [3.05, 3.63) is 144 Å². The van der Waals surface area contributed by atoms with E-state index in [0.717, 1.165) is 85.6 Å². The van der Waals surface area contributed by atoms with Gasteiger partial charge in [-0.3, -0.25) is 19.2 Å². The number of aromatic hydroxyl groups is 1. The van der Waals surface area contributed by atoms with Crippen molar-refractivity contribution in [2.75, 3.05) is 32.8 Å². The van der Waals surface area contributed by atoms with Gasteiger partial charge in [-0.05, 0) is 186 Å². The molecule has 0 atom stereocenters. The summed E-state index contributed by atoms with van der Waals surface area (Å²) in [4.78, 5) is 92.5. The second-order valence-corrected chi connectivity index (χ2v) is 23.7. The van der Waals surface area contributed by atoms with Crippen LogP contribution in [0.5, 0.6) is 17.2 Å². The van der Waals surface area contributed by atoms with E-state index in [1.54, 1.807) is 60.7 Å². The van der Waals surface area contributed by atoms with Crippen molar-refractivity contribution < 1.29 is 226 Å². The van der Waals surface area contributed by atoms with Crippen LogP contribution in [0.2, 0.25) is 0 Å². The minimum atomic E-state index is -1.05. The van der Waals surface area contributed by atoms with Crippen LogP contribution in [0.1, 0.15) is 172 Å². The predicted octanol–water partition coefficient (Wildman–Crippen LogP) is 4.45. The Hall–Kier alpha value is -4.53. The number of pyridine rings is 3. The van der Waals surface area contributed by atoms with E-state index in [0.29, 0.717) is 55.3 Å². The number of phenols is 1. The smallest absolute Gasteiger partial charge is 1.00 e. The fourth-order valence-corrected chi connectivity index (χ4v) is 8.09. The van der Waals surface area contributed by atoms with Gasteiger partial charge < -0.3 is 60.4 Å². The Kier molecular flexibility index (Phi) is 52.3. The molecule has 0 spiro atoms. The number of halogens is 1. The number of phenolic OH excluding ortho intramolecular Hbond substituents is 1. The number of unbranched alkanes of at least 4 members (excludes halogenated alkanes) is 6. The fraction of sp³-hybridized carbons (Fsp3) is 0.420. The van der Waals surface area contributed by atoms with Gasteiger partial charge in [-0.1, -0.05) is 76.9 Å². The van der Waals surface area contributed by atoms with Gasteiger partial charge in [0.25, 0.3) is 6.47 Å². The Morgan fingerprint density at radius 1 is 0.495 bits per heavy atom. The molecule has 3 N–H and O–H groups in total. The van der Waals surface area contributed by atoms with Crippen molar-refractivity contribution >= 4 is 58.2 Å². The molecule has 6 aromatic rings. The predicted molar refractivity (Wildman–Crippen MR) is 348 cm³/mol. The molecular weight excluding hydrogens is 1360 g/mol. The number of benzene rings is 3. The minimum absolute atomic E-state index is 0. The van der Waals surface area contributed by atoms with Crippen molar-refractivity contribution in [2.45, 2.75) is 156 Å². The van der Waals surface area contributed by atoms with Crippen LogP contribution < -0.4 is 147 Å². The number of methoxy groups -OCH3 is 2. The van der Waals surface area contributed by atoms with Gasteiger partial charge in [0.15, 0.2) is 0 Å². The third kappa shape index (κ3) is 44.9. The number of rotatable bonds is 26. The summed E-state index contributed by atoms with van der Waals surface area (Å²) in [5.74, 6) is -0.815. The zero-order valence-electron chi connectivity index (χ0n) is 58.4. The summed E-state index contributed by atoms with van der Waals surface area (Å²) in [5, 5.41) is 27.9. The van der Waals surface area contributed by atoms with Gasteiger partial charge in [0.05, 0.1) is 44.5 Å². The maximum Gasteiger partial charge on any atom is 1.00 e. The molecule has 0 bridgehead atoms. The van der Waals surface area contributed by atoms with Gasteiger partial charge in [0.1, 0.15) is 51.1 Å². The van der Waals surface area contributed by atoms with Gasteiger partial charge in [-0.25, -0.2) is 29.3 Å². The standard InChI is InChI=1S/C23H29NO5.C22H27NO5.C13H11NO3.C10H19BrO2.CH2O3.2K.Na.H2O.H/c1-23(2,3)29-21(25)14-6-5-7-15-28-18-11-8-10-17(16-18)19-12-9-13-20(24-19)22(26)27-4;1-22(2,3)28-20(24)13-5-4-6-14-27-17-10-7-9-16(15-17)18-11-8-12-19(23-18)21(25)26;1-17-13(16)12-7-3-6-11(14-12)9-4-2-5-10(15)8-9;1-10(2,3)13-9(12)7-5-4-6-8-11;2-1-4-3;;;;;/h8-13,16H,5-7,14-15H2,1-4H3;7-12,15H,4-6,13-14H2,1-3H3,(H,25,26);2-8,15H,1H3;4-8H2,1-3H3;1,3H;;;;1H2;/q;;;;;3*+1;;-1/p-2. The summed E-state index contributed by atoms with van der Waals surface area (Å²) < 4.78 is 36.7. The molecule has 3 heterocycles. The number of aromatic carboxylic acids is 1. The zero-order valence-corrected chi connectivity index (χ0v) is 67.2. The van der Waals surface area contributed by atoms with E-state index in [1.165, 1.54) is 20.3 Å². The first-order valence-corrected chi connectivity index (χ1v) is 30.7. The van der Waals surface area contributed by atoms with E-state index in [9.17, 15) is 33.9 Å². The third-order valence-corrected chi connectivity index (χ3v) is 12.1. The second kappa shape index (κ2) is 52.5. The number of esters is 5. The molecule has 0 unspecified atom stereocenters. The van der Waals surface area contributed by atoms with Crippen LogP contribution in [-0.2, 0) is 47.8 Å². The molecule has 0 saturated heterocycles. The normalized spacial score (nSPS) is 10.2. The average Bonchev–Trinajstić information content (AvgIpc) is 0.964. The van der Waals surface area contributed by atoms with E-state index in [-0.39, 0.29) is 192 Å². The average molecular weight is 1450 g/mol. The summed E-state index contributed by atoms with van der Waals surface area (Å²) in [6, 6.07) is 36.9. The van der Waals surface area contributed by atoms with Gasteiger partial charge in [0.2, 0.25) is 0 Å². The van der Waals surface area contributed by atoms with Crippen LogP contribution in [0.25, 0.3) is 33.8 Å². The van der Waals surface area contributed by atoms with E-state index in [2.05, 4.69) is 40.5 Å². The number of alkyl halides is 1. The van der Waals surface area contributed by atoms with Crippen LogP contribution in [0.3, 0.4) is 0 Å². The molecule has 3 aromatic heterocycles. The van der Waals surface area contributed by atoms with Gasteiger partial charge in [-0.2, -0.15) is 0 Å². The monoisotopic (exact) mass is 1440 g/mol. The summed E-state index contributed by atoms with van der Waals surface area (Å²) in [5.41, 5.74) is 3.58. The number of carbonyl (C=O) groups excluding carboxylic acids is 6. The summed E-state index contributed by atoms with van der Waals surface area (Å²) in [7, 11) is 2.64. The molecule has 504 valence electrons. The Morgan fingerprint density at radius 3 is 1.13 bits per heavy atom. The van der Waals surface area contributed by atoms with Crippen LogP contribution in [0.15, 0.2) is 127 Å². The third-order valence-electron chi connectivity index (χ3n) is 11.6. The maximum absolute atomic E-state index is 11.7. The first-order chi connectivity index (χ1) is 43.1. The fourth-order valence-electron chi connectivity index (χ4n) is 7.69. The van der Waals surface area contributed by atoms with Crippen molar-refractivity contribution in [2.24, 2.45) is 0 Å². The second-order valence-electron chi connectivity index (χ2n) is 22.9. The van der Waals surface area contributed by atoms with Crippen LogP contribution in [0.4, 0.5) is 0 Å². The minimum Gasteiger partial charge on any atom is -1.00 e. The number of carbonyl (C=O) groups is 7. The van der Waals surface area contributed by atoms with E-state index in [4.69, 9.17) is 43.6 Å². The topological polar surface area (TPSA) is 326 Å². The summed E-state index contributed by atoms with van der Waals surface area (Å²) in [6.45, 7) is 17.8. The number of aromatic nitrogens is 3. The van der Waals surface area contributed by atoms with Gasteiger partial charge in [0, 0.05) is 41.3 Å². The van der Waals surface area contributed by atoms with E-state index in [1.807, 2.05) is 123 Å². The van der Waals surface area contributed by atoms with Gasteiger partial charge in [-0.15, -0.1) is 0 Å². The molecule has 0 aliphatic carbocycles. The number of hydrogen-bond acceptors (Lipinski definition) is 21. The summed E-state index contributed by atoms with van der Waals surface area (Å²) >= 11 is 3.35. The molecule has 95 heavy (non-hydrogen) atoms. The molecule has 22 nitrogen and oxygen atoms in total. The van der Waals surface area contributed by atoms with E-state index >= 15 is 0 Å². The molecule has 26 heteroatoms. The molecule has 0 radical (unpaired) electrons. The largest absolute Gasteiger partial charge is 1.00 e. The summed E-state index contributed by atoms with van der Waals surface area (Å²) in [6.07, 6.45) is 9.53. The first kappa shape index (κ1) is 94.7. The van der Waals surface area contributed by atoms with Crippen LogP contribution in [-0.4, -0.2) is 122 Å². The van der Waals surface area contributed by atoms with Crippen molar-refractivity contribution in [1.29, 1.82) is 0 Å². The number of carboxylic acid groups (broad SMARTS) is 1. The Morgan fingerprint density at radius 2 is 0.811 bits per heavy atom. The van der Waals surface area contributed by atoms with Crippen molar-refractivity contribution in [1.82, 2.24) is 15.0 Å². The van der Waals surface area contributed by atoms with Crippen LogP contribution >= 0.6 is 15.9 Å². The molecule has 6 rings (SSSR count). The Labute approximate surface area is 675 Å². The Bertz CT molecular complexity index is 3220. The quantitative estimate of drug-likeness (QED) is 0.0111. The van der Waals surface area contributed by atoms with Crippen molar-refractivity contribution in [3.63, 3.8) is 0 Å². The van der Waals surface area contributed by atoms with Gasteiger partial charge >= 0.3 is 168 Å². The molecule has 0 saturated carbocycles. The molecule has 0 amide bonds. The molecule has 0 aliphatic heterocycles. The molecule has 3 aromatic carbocycles. The number of carboxylic acids is 1. The molecule has 0 fully saturated rings. The first-order valence-electron chi connectivity index (χ1n) is 29.6.